The van der Waals surface area contributed by atoms with E-state index in [1.54, 1.807) is 0 Å². The molecule has 0 bridgehead atoms. The third-order valence-corrected chi connectivity index (χ3v) is 0.689. The van der Waals surface area contributed by atoms with Crippen LogP contribution in [0.15, 0.2) is 4.53 Å². The lowest BCUT2D eigenvalue weighted by molar-refractivity contribution is 0.330. The standard InChI is InChI=1S/H3NOS3/c2-1-5(3)4/h2,5H,(H,1,3,4). The van der Waals surface area contributed by atoms with E-state index in [1.165, 1.54) is 0 Å². The maximum atomic E-state index is 7.62. The summed E-state index contributed by atoms with van der Waals surface area (Å²) in [5, 5.41) is 7.62. The highest BCUT2D eigenvalue weighted by atomic mass is 33.3. The zero-order chi connectivity index (χ0) is 4.28. The zero-order valence-corrected chi connectivity index (χ0v) is 4.80. The number of nitrogens with zero attached hydrogens (tertiary/aromatic N) is 1. The van der Waals surface area contributed by atoms with E-state index >= 15 is 0 Å². The van der Waals surface area contributed by atoms with Gasteiger partial charge in [0.2, 0.25) is 0 Å². The second-order valence-corrected chi connectivity index (χ2v) is 4.01. The summed E-state index contributed by atoms with van der Waals surface area (Å²) in [5.74, 6) is 0. The van der Waals surface area contributed by atoms with Crippen LogP contribution >= 0.6 is 11.7 Å². The van der Waals surface area contributed by atoms with Gasteiger partial charge in [-0.1, -0.05) is 11.7 Å². The fourth-order valence-corrected chi connectivity index (χ4v) is 0. The van der Waals surface area contributed by atoms with Gasteiger partial charge in [-0.3, -0.25) is 5.21 Å². The van der Waals surface area contributed by atoms with Crippen molar-refractivity contribution < 1.29 is 5.21 Å². The van der Waals surface area contributed by atoms with Gasteiger partial charge in [0, 0.05) is 0 Å². The lowest BCUT2D eigenvalue weighted by Gasteiger charge is -1.62. The molecule has 32 valence electrons. The van der Waals surface area contributed by atoms with Crippen molar-refractivity contribution in [3.05, 3.63) is 0 Å². The highest BCUT2D eigenvalue weighted by Gasteiger charge is 1.47. The SMILES string of the molecule is ON=[SH](=S)S. The Balaban J connectivity index is 3.62. The quantitative estimate of drug-likeness (QED) is 0.248. The number of hydrogen-bond acceptors (Lipinski definition) is 2. The molecule has 5 heavy (non-hydrogen) atoms. The van der Waals surface area contributed by atoms with Crippen molar-refractivity contribution in [2.45, 2.75) is 0 Å². The molecule has 0 saturated carbocycles. The van der Waals surface area contributed by atoms with Crippen molar-refractivity contribution in [3.63, 3.8) is 0 Å². The predicted octanol–water partition coefficient (Wildman–Crippen LogP) is 0.217. The maximum absolute atomic E-state index is 7.62. The Labute approximate surface area is 41.3 Å². The first kappa shape index (κ1) is 5.68. The molecule has 0 spiro atoms. The molecule has 0 saturated heterocycles. The smallest absolute Gasteiger partial charge is 0.00850 e. The van der Waals surface area contributed by atoms with Gasteiger partial charge in [-0.05, 0) is 19.5 Å². The lowest BCUT2D eigenvalue weighted by atomic mass is 13.6. The van der Waals surface area contributed by atoms with Gasteiger partial charge in [0.25, 0.3) is 0 Å². The fourth-order valence-electron chi connectivity index (χ4n) is 0. The van der Waals surface area contributed by atoms with Crippen molar-refractivity contribution in [2.75, 3.05) is 0 Å². The summed E-state index contributed by atoms with van der Waals surface area (Å²) < 4.78 is 2.63. The summed E-state index contributed by atoms with van der Waals surface area (Å²) >= 11 is 7.85. The van der Waals surface area contributed by atoms with Crippen LogP contribution in [-0.4, -0.2) is 5.21 Å². The van der Waals surface area contributed by atoms with E-state index in [1.807, 2.05) is 0 Å². The Kier molecular flexibility index (Phi) is 3.29. The van der Waals surface area contributed by atoms with E-state index in [2.05, 4.69) is 27.4 Å². The van der Waals surface area contributed by atoms with Crippen LogP contribution in [0.4, 0.5) is 0 Å². The molecular weight excluding hydrogens is 126 g/mol. The van der Waals surface area contributed by atoms with Crippen LogP contribution in [0, 0.1) is 0 Å². The van der Waals surface area contributed by atoms with Gasteiger partial charge in [0.1, 0.15) is 0 Å². The Morgan fingerprint density at radius 1 is 2.00 bits per heavy atom. The second kappa shape index (κ2) is 2.89. The van der Waals surface area contributed by atoms with Crippen molar-refractivity contribution in [2.24, 2.45) is 4.53 Å². The van der Waals surface area contributed by atoms with E-state index in [0.29, 0.717) is 0 Å². The molecule has 0 amide bonds. The second-order valence-electron chi connectivity index (χ2n) is 0.342. The number of hydrogen-bond donors (Lipinski definition) is 3. The van der Waals surface area contributed by atoms with Crippen molar-refractivity contribution in [3.8, 4) is 0 Å². The van der Waals surface area contributed by atoms with Crippen molar-refractivity contribution >= 4 is 31.1 Å². The summed E-state index contributed by atoms with van der Waals surface area (Å²) in [6, 6.07) is 0. The number of rotatable bonds is 0. The first-order chi connectivity index (χ1) is 2.27. The zero-order valence-electron chi connectivity index (χ0n) is 2.20. The molecule has 0 fully saturated rings. The largest absolute Gasteiger partial charge is 0.261 e. The van der Waals surface area contributed by atoms with E-state index in [4.69, 9.17) is 5.21 Å². The van der Waals surface area contributed by atoms with E-state index in [-0.39, 0.29) is 0 Å². The van der Waals surface area contributed by atoms with Gasteiger partial charge in [0.05, 0.1) is 0 Å². The Morgan fingerprint density at radius 3 is 2.20 bits per heavy atom. The lowest BCUT2D eigenvalue weighted by Crippen LogP contribution is -1.46. The first-order valence-corrected chi connectivity index (χ1v) is 4.24. The van der Waals surface area contributed by atoms with Crippen LogP contribution in [0.25, 0.3) is 0 Å². The molecule has 1 unspecified atom stereocenters. The summed E-state index contributed by atoms with van der Waals surface area (Å²) in [6.45, 7) is 0. The summed E-state index contributed by atoms with van der Waals surface area (Å²) in [6.07, 6.45) is 0. The van der Waals surface area contributed by atoms with Crippen LogP contribution in [0.1, 0.15) is 0 Å². The average molecular weight is 129 g/mol. The topological polar surface area (TPSA) is 32.6 Å². The van der Waals surface area contributed by atoms with Crippen LogP contribution in [0.5, 0.6) is 0 Å². The molecule has 1 N–H and O–H groups in total. The van der Waals surface area contributed by atoms with Crippen LogP contribution < -0.4 is 0 Å². The molecule has 5 heteroatoms. The third kappa shape index (κ3) is 4.68. The van der Waals surface area contributed by atoms with Crippen LogP contribution in [0.2, 0.25) is 0 Å². The minimum absolute atomic E-state index is 1.14. The van der Waals surface area contributed by atoms with Gasteiger partial charge >= 0.3 is 0 Å². The van der Waals surface area contributed by atoms with Crippen molar-refractivity contribution in [1.29, 1.82) is 0 Å². The van der Waals surface area contributed by atoms with E-state index in [9.17, 15) is 0 Å². The molecule has 1 atom stereocenters. The van der Waals surface area contributed by atoms with Crippen LogP contribution in [-0.2, 0) is 19.5 Å². The van der Waals surface area contributed by atoms with Gasteiger partial charge in [0.15, 0.2) is 0 Å². The Hall–Kier alpha value is 0.680. The molecule has 0 aliphatic rings. The molecular formula is H3NOS3. The van der Waals surface area contributed by atoms with Crippen molar-refractivity contribution in [1.82, 2.24) is 0 Å². The van der Waals surface area contributed by atoms with Crippen LogP contribution in [0.3, 0.4) is 0 Å². The molecule has 0 aromatic heterocycles. The van der Waals surface area contributed by atoms with E-state index < -0.39 is 8.28 Å². The molecule has 0 heterocycles. The minimum Gasteiger partial charge on any atom is -0.261 e. The summed E-state index contributed by atoms with van der Waals surface area (Å²) in [5.41, 5.74) is 0. The number of thiol groups is 2. The molecule has 0 aliphatic heterocycles. The normalized spacial score (nSPS) is 15.6. The Morgan fingerprint density at radius 2 is 2.20 bits per heavy atom. The molecule has 0 radical (unpaired) electrons. The molecule has 2 nitrogen and oxygen atoms in total. The molecule has 0 aliphatic carbocycles. The first-order valence-electron chi connectivity index (χ1n) is 0.783. The monoisotopic (exact) mass is 129 g/mol. The maximum Gasteiger partial charge on any atom is -0.00850 e. The van der Waals surface area contributed by atoms with Gasteiger partial charge in [-0.15, -0.1) is 4.53 Å². The highest BCUT2D eigenvalue weighted by molar-refractivity contribution is 8.71. The fraction of sp³-hybridized carbons (Fsp3) is 0. The molecule has 0 aromatic rings. The average Bonchev–Trinajstić information content (AvgIpc) is 1.38. The van der Waals surface area contributed by atoms with Gasteiger partial charge in [-0.25, -0.2) is 0 Å². The predicted molar refractivity (Wildman–Crippen MR) is 29.3 cm³/mol. The summed E-state index contributed by atoms with van der Waals surface area (Å²) in [7, 11) is -1.14. The third-order valence-electron chi connectivity index (χ3n) is 0.0765. The highest BCUT2D eigenvalue weighted by Crippen LogP contribution is 1.71. The Bertz CT molecular complexity index is 78.9. The van der Waals surface area contributed by atoms with Gasteiger partial charge in [-0.2, -0.15) is 0 Å². The minimum atomic E-state index is -1.14. The summed E-state index contributed by atoms with van der Waals surface area (Å²) in [4.78, 5) is 0. The molecule has 0 aromatic carbocycles. The van der Waals surface area contributed by atoms with Gasteiger partial charge < -0.3 is 0 Å². The van der Waals surface area contributed by atoms with E-state index in [0.717, 1.165) is 0 Å². The molecule has 0 rings (SSSR count).